The van der Waals surface area contributed by atoms with Crippen molar-refractivity contribution in [3.8, 4) is 23.0 Å². The lowest BCUT2D eigenvalue weighted by Gasteiger charge is -2.07. The Morgan fingerprint density at radius 2 is 1.57 bits per heavy atom. The van der Waals surface area contributed by atoms with Crippen molar-refractivity contribution in [3.05, 3.63) is 47.5 Å². The largest absolute Gasteiger partial charge is 0.504 e. The van der Waals surface area contributed by atoms with Gasteiger partial charge in [0.05, 0.1) is 21.3 Å². The summed E-state index contributed by atoms with van der Waals surface area (Å²) in [5, 5.41) is 9.76. The molecule has 4 nitrogen and oxygen atoms in total. The lowest BCUT2D eigenvalue weighted by molar-refractivity contribution is 0.373. The van der Waals surface area contributed by atoms with Gasteiger partial charge in [-0.2, -0.15) is 0 Å². The average Bonchev–Trinajstić information content (AvgIpc) is 2.52. The predicted octanol–water partition coefficient (Wildman–Crippen LogP) is 3.59. The molecule has 0 saturated carbocycles. The van der Waals surface area contributed by atoms with Crippen molar-refractivity contribution in [2.45, 2.75) is 0 Å². The maximum Gasteiger partial charge on any atom is 0.160 e. The van der Waals surface area contributed by atoms with Gasteiger partial charge in [0.15, 0.2) is 11.5 Å². The molecule has 21 heavy (non-hydrogen) atoms. The SMILES string of the molecule is COc1ccc(/C=C/c2ccc(OC)c(O)c2)c(OC)c1. The molecular formula is C17H18O4. The molecule has 0 atom stereocenters. The molecule has 0 aliphatic heterocycles. The van der Waals surface area contributed by atoms with Crippen molar-refractivity contribution in [2.24, 2.45) is 0 Å². The summed E-state index contributed by atoms with van der Waals surface area (Å²) in [7, 11) is 4.75. The highest BCUT2D eigenvalue weighted by atomic mass is 16.5. The molecule has 0 radical (unpaired) electrons. The molecule has 0 amide bonds. The van der Waals surface area contributed by atoms with E-state index in [-0.39, 0.29) is 5.75 Å². The molecule has 110 valence electrons. The molecule has 0 fully saturated rings. The minimum atomic E-state index is 0.112. The Morgan fingerprint density at radius 1 is 0.810 bits per heavy atom. The Morgan fingerprint density at radius 3 is 2.19 bits per heavy atom. The Hall–Kier alpha value is -2.62. The molecule has 0 heterocycles. The van der Waals surface area contributed by atoms with Gasteiger partial charge < -0.3 is 19.3 Å². The van der Waals surface area contributed by atoms with Crippen molar-refractivity contribution in [3.63, 3.8) is 0 Å². The van der Waals surface area contributed by atoms with Gasteiger partial charge in [-0.15, -0.1) is 0 Å². The zero-order valence-electron chi connectivity index (χ0n) is 12.3. The normalized spacial score (nSPS) is 10.6. The molecule has 0 aromatic heterocycles. The van der Waals surface area contributed by atoms with Crippen LogP contribution in [0.5, 0.6) is 23.0 Å². The van der Waals surface area contributed by atoms with Crippen LogP contribution in [-0.4, -0.2) is 26.4 Å². The molecule has 0 bridgehead atoms. The third-order valence-electron chi connectivity index (χ3n) is 3.10. The van der Waals surface area contributed by atoms with Gasteiger partial charge in [-0.3, -0.25) is 0 Å². The summed E-state index contributed by atoms with van der Waals surface area (Å²) in [4.78, 5) is 0. The first-order chi connectivity index (χ1) is 10.2. The third-order valence-corrected chi connectivity index (χ3v) is 3.10. The van der Waals surface area contributed by atoms with Crippen LogP contribution in [0, 0.1) is 0 Å². The highest BCUT2D eigenvalue weighted by molar-refractivity contribution is 5.74. The number of benzene rings is 2. The van der Waals surface area contributed by atoms with E-state index in [1.165, 1.54) is 7.11 Å². The quantitative estimate of drug-likeness (QED) is 0.853. The fraction of sp³-hybridized carbons (Fsp3) is 0.176. The Labute approximate surface area is 124 Å². The second-order valence-corrected chi connectivity index (χ2v) is 4.37. The van der Waals surface area contributed by atoms with Crippen molar-refractivity contribution in [1.29, 1.82) is 0 Å². The number of phenolic OH excluding ortho intramolecular Hbond substituents is 1. The lowest BCUT2D eigenvalue weighted by Crippen LogP contribution is -1.89. The minimum absolute atomic E-state index is 0.112. The summed E-state index contributed by atoms with van der Waals surface area (Å²) in [5.41, 5.74) is 1.79. The standard InChI is InChI=1S/C17H18O4/c1-19-14-8-7-13(17(11-14)21-3)6-4-12-5-9-16(20-2)15(18)10-12/h4-11,18H,1-3H3/b6-4+. The second-order valence-electron chi connectivity index (χ2n) is 4.37. The number of hydrogen-bond acceptors (Lipinski definition) is 4. The van der Waals surface area contributed by atoms with Crippen LogP contribution in [0.2, 0.25) is 0 Å². The van der Waals surface area contributed by atoms with E-state index in [1.807, 2.05) is 36.4 Å². The van der Waals surface area contributed by atoms with Crippen LogP contribution in [0.3, 0.4) is 0 Å². The number of methoxy groups -OCH3 is 3. The maximum atomic E-state index is 9.76. The van der Waals surface area contributed by atoms with E-state index in [2.05, 4.69) is 0 Å². The van der Waals surface area contributed by atoms with Crippen LogP contribution in [0.25, 0.3) is 12.2 Å². The first-order valence-corrected chi connectivity index (χ1v) is 6.45. The number of ether oxygens (including phenoxy) is 3. The van der Waals surface area contributed by atoms with Crippen LogP contribution >= 0.6 is 0 Å². The van der Waals surface area contributed by atoms with Crippen LogP contribution in [0.15, 0.2) is 36.4 Å². The summed E-state index contributed by atoms with van der Waals surface area (Å²) in [6.07, 6.45) is 3.81. The Balaban J connectivity index is 2.26. The Bertz CT molecular complexity index is 647. The van der Waals surface area contributed by atoms with Crippen LogP contribution in [0.4, 0.5) is 0 Å². The highest BCUT2D eigenvalue weighted by Gasteiger charge is 2.03. The molecule has 2 aromatic rings. The zero-order chi connectivity index (χ0) is 15.2. The van der Waals surface area contributed by atoms with E-state index in [1.54, 1.807) is 26.4 Å². The molecule has 0 spiro atoms. The van der Waals surface area contributed by atoms with Crippen LogP contribution < -0.4 is 14.2 Å². The van der Waals surface area contributed by atoms with E-state index >= 15 is 0 Å². The molecule has 0 aliphatic rings. The maximum absolute atomic E-state index is 9.76. The lowest BCUT2D eigenvalue weighted by atomic mass is 10.1. The molecule has 4 heteroatoms. The summed E-state index contributed by atoms with van der Waals surface area (Å²) >= 11 is 0. The molecule has 2 rings (SSSR count). The summed E-state index contributed by atoms with van der Waals surface area (Å²) in [6.45, 7) is 0. The third kappa shape index (κ3) is 3.48. The summed E-state index contributed by atoms with van der Waals surface area (Å²) in [5.74, 6) is 2.03. The first kappa shape index (κ1) is 14.8. The number of phenols is 1. The Kier molecular flexibility index (Phi) is 4.72. The molecule has 2 aromatic carbocycles. The van der Waals surface area contributed by atoms with Gasteiger partial charge in [0.1, 0.15) is 11.5 Å². The second kappa shape index (κ2) is 6.70. The number of aromatic hydroxyl groups is 1. The number of hydrogen-bond donors (Lipinski definition) is 1. The minimum Gasteiger partial charge on any atom is -0.504 e. The van der Waals surface area contributed by atoms with Crippen molar-refractivity contribution in [1.82, 2.24) is 0 Å². The zero-order valence-corrected chi connectivity index (χ0v) is 12.3. The van der Waals surface area contributed by atoms with Gasteiger partial charge in [-0.25, -0.2) is 0 Å². The summed E-state index contributed by atoms with van der Waals surface area (Å²) < 4.78 is 15.5. The first-order valence-electron chi connectivity index (χ1n) is 6.45. The van der Waals surface area contributed by atoms with Gasteiger partial charge in [-0.05, 0) is 29.8 Å². The monoisotopic (exact) mass is 286 g/mol. The highest BCUT2D eigenvalue weighted by Crippen LogP contribution is 2.29. The summed E-state index contributed by atoms with van der Waals surface area (Å²) in [6, 6.07) is 10.8. The van der Waals surface area contributed by atoms with Gasteiger partial charge in [0.2, 0.25) is 0 Å². The van der Waals surface area contributed by atoms with Crippen LogP contribution in [0.1, 0.15) is 11.1 Å². The van der Waals surface area contributed by atoms with Crippen molar-refractivity contribution >= 4 is 12.2 Å². The van der Waals surface area contributed by atoms with Gasteiger partial charge in [0.25, 0.3) is 0 Å². The van der Waals surface area contributed by atoms with E-state index < -0.39 is 0 Å². The average molecular weight is 286 g/mol. The fourth-order valence-corrected chi connectivity index (χ4v) is 1.95. The van der Waals surface area contributed by atoms with E-state index in [0.29, 0.717) is 5.75 Å². The smallest absolute Gasteiger partial charge is 0.160 e. The fourth-order valence-electron chi connectivity index (χ4n) is 1.95. The number of rotatable bonds is 5. The van der Waals surface area contributed by atoms with Gasteiger partial charge in [-0.1, -0.05) is 18.2 Å². The van der Waals surface area contributed by atoms with E-state index in [9.17, 15) is 5.11 Å². The van der Waals surface area contributed by atoms with Gasteiger partial charge >= 0.3 is 0 Å². The van der Waals surface area contributed by atoms with Gasteiger partial charge in [0, 0.05) is 11.6 Å². The topological polar surface area (TPSA) is 47.9 Å². The van der Waals surface area contributed by atoms with E-state index in [4.69, 9.17) is 14.2 Å². The molecular weight excluding hydrogens is 268 g/mol. The van der Waals surface area contributed by atoms with Crippen LogP contribution in [-0.2, 0) is 0 Å². The molecule has 1 N–H and O–H groups in total. The van der Waals surface area contributed by atoms with E-state index in [0.717, 1.165) is 22.6 Å². The molecule has 0 saturated heterocycles. The predicted molar refractivity (Wildman–Crippen MR) is 83.1 cm³/mol. The molecule has 0 unspecified atom stereocenters. The van der Waals surface area contributed by atoms with Crippen molar-refractivity contribution in [2.75, 3.05) is 21.3 Å². The molecule has 0 aliphatic carbocycles. The van der Waals surface area contributed by atoms with Crippen molar-refractivity contribution < 1.29 is 19.3 Å².